The van der Waals surface area contributed by atoms with Crippen LogP contribution in [0.25, 0.3) is 0 Å². The summed E-state index contributed by atoms with van der Waals surface area (Å²) in [7, 11) is 3.22. The summed E-state index contributed by atoms with van der Waals surface area (Å²) in [6.07, 6.45) is 0. The summed E-state index contributed by atoms with van der Waals surface area (Å²) in [5.41, 5.74) is 1.02. The summed E-state index contributed by atoms with van der Waals surface area (Å²) in [6.45, 7) is 3.59. The van der Waals surface area contributed by atoms with Crippen molar-refractivity contribution in [3.05, 3.63) is 23.2 Å². The van der Waals surface area contributed by atoms with Gasteiger partial charge in [-0.25, -0.2) is 0 Å². The fourth-order valence-electron chi connectivity index (χ4n) is 1.23. The monoisotopic (exact) mass is 227 g/mol. The molecule has 0 saturated carbocycles. The predicted molar refractivity (Wildman–Crippen MR) is 55.3 cm³/mol. The zero-order chi connectivity index (χ0) is 11.6. The van der Waals surface area contributed by atoms with Crippen LogP contribution in [-0.4, -0.2) is 26.2 Å². The summed E-state index contributed by atoms with van der Waals surface area (Å²) >= 11 is 0. The highest BCUT2D eigenvalue weighted by Crippen LogP contribution is 2.60. The molecule has 0 aromatic rings. The lowest BCUT2D eigenvalue weighted by molar-refractivity contribution is -0.137. The quantitative estimate of drug-likeness (QED) is 0.530. The molecule has 1 saturated heterocycles. The first-order chi connectivity index (χ1) is 7.02. The van der Waals surface area contributed by atoms with Crippen LogP contribution in [0.15, 0.2) is 0 Å². The number of esters is 2. The molecule has 0 spiro atoms. The van der Waals surface area contributed by atoms with Crippen LogP contribution in [0, 0.1) is 23.2 Å². The number of carbonyl (C=O) groups excluding carboxylic acids is 2. The minimum absolute atomic E-state index is 0.396. The van der Waals surface area contributed by atoms with E-state index in [1.807, 2.05) is 0 Å². The first kappa shape index (κ1) is 12.4. The third-order valence-electron chi connectivity index (χ3n) is 2.25. The lowest BCUT2D eigenvalue weighted by Crippen LogP contribution is -2.16. The molecule has 15 heavy (non-hydrogen) atoms. The Labute approximate surface area is 91.5 Å². The summed E-state index contributed by atoms with van der Waals surface area (Å²) in [6, 6.07) is 0. The zero-order valence-electron chi connectivity index (χ0n) is 9.08. The van der Waals surface area contributed by atoms with Crippen molar-refractivity contribution in [1.82, 2.24) is 0 Å². The van der Waals surface area contributed by atoms with Crippen molar-refractivity contribution in [2.45, 2.75) is 13.8 Å². The Balaban J connectivity index is 2.75. The molecule has 4 nitrogen and oxygen atoms in total. The second kappa shape index (κ2) is 4.93. The minimum Gasteiger partial charge on any atom is -0.468 e. The average Bonchev–Trinajstić information content (AvgIpc) is 2.54. The molecule has 0 atom stereocenters. The molecule has 0 aromatic heterocycles. The van der Waals surface area contributed by atoms with Gasteiger partial charge in [-0.1, -0.05) is 13.8 Å². The molecule has 5 radical (unpaired) electrons. The van der Waals surface area contributed by atoms with Gasteiger partial charge in [0.05, 0.1) is 14.2 Å². The molecule has 0 aliphatic carbocycles. The maximum Gasteiger partial charge on any atom is 0.318 e. The van der Waals surface area contributed by atoms with Gasteiger partial charge in [-0.3, -0.25) is 9.59 Å². The molecule has 0 N–H and O–H groups in total. The van der Waals surface area contributed by atoms with Crippen LogP contribution < -0.4 is 0 Å². The van der Waals surface area contributed by atoms with Crippen molar-refractivity contribution in [2.75, 3.05) is 14.2 Å². The van der Waals surface area contributed by atoms with E-state index in [4.69, 9.17) is 0 Å². The van der Waals surface area contributed by atoms with Gasteiger partial charge >= 0.3 is 11.9 Å². The molecule has 0 unspecified atom stereocenters. The molecule has 0 aromatic carbocycles. The van der Waals surface area contributed by atoms with Crippen molar-refractivity contribution >= 4 is 20.5 Å². The lowest BCUT2D eigenvalue weighted by Gasteiger charge is -2.13. The van der Waals surface area contributed by atoms with Gasteiger partial charge in [0, 0.05) is 11.8 Å². The highest BCUT2D eigenvalue weighted by molar-refractivity contribution is 7.50. The lowest BCUT2D eigenvalue weighted by atomic mass is 9.90. The van der Waals surface area contributed by atoms with E-state index in [9.17, 15) is 9.59 Å². The SMILES string of the molecule is COC(=O)[C]1[P][C](C(=O)OC)[C](C)[C]1C. The largest absolute Gasteiger partial charge is 0.468 e. The van der Waals surface area contributed by atoms with E-state index in [0.717, 1.165) is 11.8 Å². The number of methoxy groups -OCH3 is 2. The Bertz CT molecular complexity index is 240. The highest BCUT2D eigenvalue weighted by Gasteiger charge is 2.48. The molecule has 1 aliphatic rings. The third-order valence-corrected chi connectivity index (χ3v) is 3.74. The van der Waals surface area contributed by atoms with Crippen molar-refractivity contribution < 1.29 is 19.1 Å². The first-order valence-corrected chi connectivity index (χ1v) is 5.22. The molecule has 1 heterocycles. The van der Waals surface area contributed by atoms with Crippen molar-refractivity contribution in [3.63, 3.8) is 0 Å². The first-order valence-electron chi connectivity index (χ1n) is 4.33. The predicted octanol–water partition coefficient (Wildman–Crippen LogP) is 1.54. The van der Waals surface area contributed by atoms with Crippen LogP contribution >= 0.6 is 8.58 Å². The Morgan fingerprint density at radius 3 is 1.53 bits per heavy atom. The average molecular weight is 227 g/mol. The fourth-order valence-corrected chi connectivity index (χ4v) is 2.49. The van der Waals surface area contributed by atoms with Gasteiger partial charge in [0.25, 0.3) is 0 Å². The van der Waals surface area contributed by atoms with Gasteiger partial charge in [-0.2, -0.15) is 0 Å². The topological polar surface area (TPSA) is 52.6 Å². The van der Waals surface area contributed by atoms with Gasteiger partial charge in [-0.15, -0.1) is 0 Å². The summed E-state index contributed by atoms with van der Waals surface area (Å²) in [5, 5.41) is 0. The standard InChI is InChI=1S/C10H12O4P/c1-5-6(2)8(10(12)14-4)15-7(5)9(11)13-3/h1-4H3. The maximum atomic E-state index is 11.4. The zero-order valence-corrected chi connectivity index (χ0v) is 9.97. The number of ether oxygens (including phenoxy) is 2. The second-order valence-corrected chi connectivity index (χ2v) is 4.16. The summed E-state index contributed by atoms with van der Waals surface area (Å²) in [4.78, 5) is 22.7. The normalized spacial score (nSPS) is 20.5. The van der Waals surface area contributed by atoms with E-state index < -0.39 is 11.9 Å². The summed E-state index contributed by atoms with van der Waals surface area (Å²) < 4.78 is 9.26. The molecule has 1 rings (SSSR count). The number of carbonyl (C=O) groups is 2. The molecule has 81 valence electrons. The highest BCUT2D eigenvalue weighted by atomic mass is 31.1. The smallest absolute Gasteiger partial charge is 0.318 e. The third kappa shape index (κ3) is 2.31. The molecule has 1 aliphatic heterocycles. The van der Waals surface area contributed by atoms with Crippen LogP contribution in [0.5, 0.6) is 0 Å². The fraction of sp³-hybridized carbons (Fsp3) is 0.400. The van der Waals surface area contributed by atoms with Crippen molar-refractivity contribution in [2.24, 2.45) is 0 Å². The van der Waals surface area contributed by atoms with Crippen molar-refractivity contribution in [1.29, 1.82) is 0 Å². The van der Waals surface area contributed by atoms with Crippen LogP contribution in [0.1, 0.15) is 13.8 Å². The van der Waals surface area contributed by atoms with Gasteiger partial charge < -0.3 is 9.47 Å². The van der Waals surface area contributed by atoms with Gasteiger partial charge in [0.1, 0.15) is 11.3 Å². The number of hydrogen-bond acceptors (Lipinski definition) is 4. The Hall–Kier alpha value is -0.630. The molecular weight excluding hydrogens is 215 g/mol. The van der Waals surface area contributed by atoms with Crippen LogP contribution in [0.3, 0.4) is 0 Å². The van der Waals surface area contributed by atoms with Crippen LogP contribution in [-0.2, 0) is 19.1 Å². The van der Waals surface area contributed by atoms with Crippen molar-refractivity contribution in [3.8, 4) is 0 Å². The Morgan fingerprint density at radius 1 is 0.933 bits per heavy atom. The van der Waals surface area contributed by atoms with E-state index in [2.05, 4.69) is 9.47 Å². The van der Waals surface area contributed by atoms with E-state index in [1.165, 1.54) is 14.2 Å². The molecule has 0 bridgehead atoms. The number of hydrogen-bond donors (Lipinski definition) is 0. The molecular formula is C10H12O4P. The van der Waals surface area contributed by atoms with E-state index in [-0.39, 0.29) is 0 Å². The van der Waals surface area contributed by atoms with E-state index in [0.29, 0.717) is 19.9 Å². The molecule has 1 fully saturated rings. The summed E-state index contributed by atoms with van der Waals surface area (Å²) in [5.74, 6) is 0.799. The molecule has 0 amide bonds. The maximum absolute atomic E-state index is 11.4. The van der Waals surface area contributed by atoms with Gasteiger partial charge in [0.15, 0.2) is 0 Å². The second-order valence-electron chi connectivity index (χ2n) is 3.04. The minimum atomic E-state index is -0.396. The van der Waals surface area contributed by atoms with E-state index >= 15 is 0 Å². The number of rotatable bonds is 2. The molecule has 5 heteroatoms. The van der Waals surface area contributed by atoms with Gasteiger partial charge in [0.2, 0.25) is 0 Å². The van der Waals surface area contributed by atoms with Crippen LogP contribution in [0.2, 0.25) is 0 Å². The Morgan fingerprint density at radius 2 is 1.27 bits per heavy atom. The van der Waals surface area contributed by atoms with Gasteiger partial charge in [-0.05, 0) is 8.58 Å². The Kier molecular flexibility index (Phi) is 4.09. The van der Waals surface area contributed by atoms with Crippen LogP contribution in [0.4, 0.5) is 0 Å². The van der Waals surface area contributed by atoms with E-state index in [1.54, 1.807) is 13.8 Å².